The molecule has 2 aliphatic carbocycles. The molecule has 2 unspecified atom stereocenters. The SMILES string of the molecule is Cn1nnc2c1CCC(NC(=O)NC1CCc3c1ccc(Cl)c3Cl)C2. The molecule has 6 nitrogen and oxygen atoms in total. The maximum atomic E-state index is 12.4. The molecule has 2 atom stereocenters. The van der Waals surface area contributed by atoms with E-state index in [4.69, 9.17) is 23.2 Å². The van der Waals surface area contributed by atoms with Crippen LogP contribution in [0.25, 0.3) is 0 Å². The van der Waals surface area contributed by atoms with Gasteiger partial charge in [0, 0.05) is 19.5 Å². The van der Waals surface area contributed by atoms with Crippen LogP contribution in [0.5, 0.6) is 0 Å². The van der Waals surface area contributed by atoms with Crippen LogP contribution in [0.3, 0.4) is 0 Å². The average Bonchev–Trinajstić information content (AvgIpc) is 3.15. The third kappa shape index (κ3) is 3.09. The molecular formula is C17H19Cl2N5O. The maximum Gasteiger partial charge on any atom is 0.315 e. The van der Waals surface area contributed by atoms with Crippen molar-refractivity contribution in [3.63, 3.8) is 0 Å². The summed E-state index contributed by atoms with van der Waals surface area (Å²) in [6, 6.07) is 3.64. The van der Waals surface area contributed by atoms with E-state index in [9.17, 15) is 4.79 Å². The number of aromatic nitrogens is 3. The van der Waals surface area contributed by atoms with Gasteiger partial charge in [0.1, 0.15) is 0 Å². The molecule has 0 fully saturated rings. The zero-order valence-electron chi connectivity index (χ0n) is 13.9. The van der Waals surface area contributed by atoms with Crippen LogP contribution in [0, 0.1) is 0 Å². The van der Waals surface area contributed by atoms with Crippen molar-refractivity contribution in [1.82, 2.24) is 25.6 Å². The molecule has 8 heteroatoms. The van der Waals surface area contributed by atoms with Gasteiger partial charge in [-0.3, -0.25) is 4.68 Å². The van der Waals surface area contributed by atoms with E-state index in [2.05, 4.69) is 20.9 Å². The summed E-state index contributed by atoms with van der Waals surface area (Å²) in [6.45, 7) is 0. The molecule has 2 aliphatic rings. The van der Waals surface area contributed by atoms with E-state index in [0.717, 1.165) is 54.6 Å². The lowest BCUT2D eigenvalue weighted by Gasteiger charge is -2.24. The van der Waals surface area contributed by atoms with Gasteiger partial charge in [-0.05, 0) is 42.9 Å². The van der Waals surface area contributed by atoms with Crippen molar-refractivity contribution in [3.8, 4) is 0 Å². The molecule has 2 aromatic rings. The van der Waals surface area contributed by atoms with Gasteiger partial charge in [-0.25, -0.2) is 4.79 Å². The lowest BCUT2D eigenvalue weighted by atomic mass is 9.96. The molecule has 0 spiro atoms. The van der Waals surface area contributed by atoms with Gasteiger partial charge in [0.15, 0.2) is 0 Å². The second kappa shape index (κ2) is 6.50. The Morgan fingerprint density at radius 1 is 1.24 bits per heavy atom. The Morgan fingerprint density at radius 2 is 2.08 bits per heavy atom. The smallest absolute Gasteiger partial charge is 0.315 e. The number of hydrogen-bond acceptors (Lipinski definition) is 3. The minimum atomic E-state index is -0.152. The topological polar surface area (TPSA) is 71.8 Å². The van der Waals surface area contributed by atoms with E-state index in [1.807, 2.05) is 17.8 Å². The van der Waals surface area contributed by atoms with Crippen LogP contribution in [-0.2, 0) is 26.3 Å². The van der Waals surface area contributed by atoms with E-state index in [1.165, 1.54) is 0 Å². The summed E-state index contributed by atoms with van der Waals surface area (Å²) < 4.78 is 1.82. The van der Waals surface area contributed by atoms with Crippen molar-refractivity contribution in [2.24, 2.45) is 7.05 Å². The average molecular weight is 380 g/mol. The minimum Gasteiger partial charge on any atom is -0.335 e. The summed E-state index contributed by atoms with van der Waals surface area (Å²) >= 11 is 12.3. The highest BCUT2D eigenvalue weighted by Crippen LogP contribution is 2.39. The summed E-state index contributed by atoms with van der Waals surface area (Å²) in [7, 11) is 1.90. The van der Waals surface area contributed by atoms with Gasteiger partial charge >= 0.3 is 6.03 Å². The number of amides is 2. The molecule has 4 rings (SSSR count). The summed E-state index contributed by atoms with van der Waals surface area (Å²) in [5, 5.41) is 15.5. The number of carbonyl (C=O) groups is 1. The molecule has 132 valence electrons. The molecule has 25 heavy (non-hydrogen) atoms. The fourth-order valence-electron chi connectivity index (χ4n) is 3.82. The Kier molecular flexibility index (Phi) is 4.33. The Labute approximate surface area is 155 Å². The van der Waals surface area contributed by atoms with Crippen molar-refractivity contribution in [1.29, 1.82) is 0 Å². The first kappa shape index (κ1) is 16.7. The van der Waals surface area contributed by atoms with E-state index in [1.54, 1.807) is 6.07 Å². The minimum absolute atomic E-state index is 0.0274. The van der Waals surface area contributed by atoms with Gasteiger partial charge < -0.3 is 10.6 Å². The third-order valence-corrected chi connectivity index (χ3v) is 5.97. The molecule has 1 aromatic carbocycles. The van der Waals surface area contributed by atoms with E-state index >= 15 is 0 Å². The number of carbonyl (C=O) groups excluding carboxylic acids is 1. The van der Waals surface area contributed by atoms with Gasteiger partial charge in [0.25, 0.3) is 0 Å². The normalized spacial score (nSPS) is 21.6. The Morgan fingerprint density at radius 3 is 2.92 bits per heavy atom. The zero-order valence-corrected chi connectivity index (χ0v) is 15.4. The van der Waals surface area contributed by atoms with Gasteiger partial charge in [0.05, 0.1) is 27.5 Å². The number of benzene rings is 1. The van der Waals surface area contributed by atoms with Crippen LogP contribution in [0.2, 0.25) is 10.0 Å². The van der Waals surface area contributed by atoms with Crippen LogP contribution in [0.15, 0.2) is 12.1 Å². The molecule has 0 bridgehead atoms. The Balaban J connectivity index is 1.39. The van der Waals surface area contributed by atoms with E-state index in [0.29, 0.717) is 10.0 Å². The number of aryl methyl sites for hydroxylation is 1. The zero-order chi connectivity index (χ0) is 17.6. The van der Waals surface area contributed by atoms with Crippen molar-refractivity contribution in [2.45, 2.75) is 44.2 Å². The van der Waals surface area contributed by atoms with Crippen LogP contribution in [0.4, 0.5) is 4.79 Å². The van der Waals surface area contributed by atoms with Gasteiger partial charge in [-0.15, -0.1) is 5.10 Å². The fraction of sp³-hybridized carbons (Fsp3) is 0.471. The molecule has 1 aromatic heterocycles. The lowest BCUT2D eigenvalue weighted by molar-refractivity contribution is 0.231. The third-order valence-electron chi connectivity index (χ3n) is 5.12. The first-order valence-corrected chi connectivity index (χ1v) is 9.19. The molecular weight excluding hydrogens is 361 g/mol. The number of rotatable bonds is 2. The Hall–Kier alpha value is -1.79. The van der Waals surface area contributed by atoms with Crippen molar-refractivity contribution < 1.29 is 4.79 Å². The van der Waals surface area contributed by atoms with Crippen LogP contribution >= 0.6 is 23.2 Å². The second-order valence-corrected chi connectivity index (χ2v) is 7.47. The quantitative estimate of drug-likeness (QED) is 0.842. The number of hydrogen-bond donors (Lipinski definition) is 2. The first-order chi connectivity index (χ1) is 12.0. The van der Waals surface area contributed by atoms with Crippen LogP contribution in [-0.4, -0.2) is 27.1 Å². The highest BCUT2D eigenvalue weighted by atomic mass is 35.5. The van der Waals surface area contributed by atoms with Crippen molar-refractivity contribution in [2.75, 3.05) is 0 Å². The van der Waals surface area contributed by atoms with Gasteiger partial charge in [-0.1, -0.05) is 34.5 Å². The molecule has 1 heterocycles. The summed E-state index contributed by atoms with van der Waals surface area (Å²) in [6.07, 6.45) is 4.15. The summed E-state index contributed by atoms with van der Waals surface area (Å²) in [5.41, 5.74) is 4.24. The number of urea groups is 1. The van der Waals surface area contributed by atoms with Crippen molar-refractivity contribution >= 4 is 29.2 Å². The molecule has 0 saturated carbocycles. The van der Waals surface area contributed by atoms with Gasteiger partial charge in [-0.2, -0.15) is 0 Å². The standard InChI is InChI=1S/C17H19Cl2N5O/c1-24-15-7-2-9(8-14(15)22-23-24)20-17(25)21-13-6-4-11-10(13)3-5-12(18)16(11)19/h3,5,9,13H,2,4,6-8H2,1H3,(H2,20,21,25). The monoisotopic (exact) mass is 379 g/mol. The molecule has 0 aliphatic heterocycles. The van der Waals surface area contributed by atoms with Crippen LogP contribution < -0.4 is 10.6 Å². The summed E-state index contributed by atoms with van der Waals surface area (Å²) in [5.74, 6) is 0. The number of fused-ring (bicyclic) bond motifs is 2. The highest BCUT2D eigenvalue weighted by Gasteiger charge is 2.28. The molecule has 0 radical (unpaired) electrons. The summed E-state index contributed by atoms with van der Waals surface area (Å²) in [4.78, 5) is 12.4. The molecule has 0 saturated heterocycles. The highest BCUT2D eigenvalue weighted by molar-refractivity contribution is 6.42. The fourth-order valence-corrected chi connectivity index (χ4v) is 4.27. The van der Waals surface area contributed by atoms with Crippen molar-refractivity contribution in [3.05, 3.63) is 44.7 Å². The number of halogens is 2. The number of nitrogens with one attached hydrogen (secondary N) is 2. The van der Waals surface area contributed by atoms with Gasteiger partial charge in [0.2, 0.25) is 0 Å². The lowest BCUT2D eigenvalue weighted by Crippen LogP contribution is -2.45. The first-order valence-electron chi connectivity index (χ1n) is 8.44. The maximum absolute atomic E-state index is 12.4. The van der Waals surface area contributed by atoms with Crippen LogP contribution in [0.1, 0.15) is 41.4 Å². The second-order valence-electron chi connectivity index (χ2n) is 6.68. The molecule has 2 amide bonds. The largest absolute Gasteiger partial charge is 0.335 e. The number of nitrogens with zero attached hydrogens (tertiary/aromatic N) is 3. The van der Waals surface area contributed by atoms with E-state index < -0.39 is 0 Å². The van der Waals surface area contributed by atoms with E-state index in [-0.39, 0.29) is 18.1 Å². The predicted octanol–water partition coefficient (Wildman–Crippen LogP) is 2.97. The predicted molar refractivity (Wildman–Crippen MR) is 96.0 cm³/mol. The molecule has 2 N–H and O–H groups in total. The Bertz CT molecular complexity index is 835.